The lowest BCUT2D eigenvalue weighted by Gasteiger charge is -2.28. The third-order valence-corrected chi connectivity index (χ3v) is 5.62. The third-order valence-electron chi connectivity index (χ3n) is 4.38. The fourth-order valence-corrected chi connectivity index (χ4v) is 4.24. The molecule has 1 N–H and O–H groups in total. The third kappa shape index (κ3) is 4.46. The van der Waals surface area contributed by atoms with E-state index in [1.165, 1.54) is 0 Å². The van der Waals surface area contributed by atoms with Gasteiger partial charge in [0, 0.05) is 6.54 Å². The highest BCUT2D eigenvalue weighted by molar-refractivity contribution is 7.92. The minimum atomic E-state index is -3.60. The van der Waals surface area contributed by atoms with Gasteiger partial charge in [-0.1, -0.05) is 54.6 Å². The van der Waals surface area contributed by atoms with E-state index in [-0.39, 0.29) is 5.91 Å². The van der Waals surface area contributed by atoms with Gasteiger partial charge in [0.1, 0.15) is 6.04 Å². The number of rotatable bonds is 6. The van der Waals surface area contributed by atoms with E-state index in [4.69, 9.17) is 0 Å². The van der Waals surface area contributed by atoms with E-state index >= 15 is 0 Å². The summed E-state index contributed by atoms with van der Waals surface area (Å²) >= 11 is 0. The van der Waals surface area contributed by atoms with Crippen molar-refractivity contribution in [1.29, 1.82) is 0 Å². The monoisotopic (exact) mass is 382 g/mol. The maximum atomic E-state index is 12.6. The predicted octanol–water partition coefficient (Wildman–Crippen LogP) is 3.31. The Morgan fingerprint density at radius 1 is 0.963 bits per heavy atom. The van der Waals surface area contributed by atoms with Crippen LogP contribution in [0.15, 0.2) is 72.8 Å². The van der Waals surface area contributed by atoms with E-state index in [1.54, 1.807) is 37.3 Å². The number of fused-ring (bicyclic) bond motifs is 1. The molecule has 0 aromatic heterocycles. The van der Waals surface area contributed by atoms with Crippen LogP contribution in [0, 0.1) is 0 Å². The van der Waals surface area contributed by atoms with E-state index in [0.717, 1.165) is 26.9 Å². The van der Waals surface area contributed by atoms with Crippen LogP contribution in [0.25, 0.3) is 10.8 Å². The van der Waals surface area contributed by atoms with Crippen molar-refractivity contribution in [2.75, 3.05) is 10.6 Å². The van der Waals surface area contributed by atoms with E-state index in [9.17, 15) is 13.2 Å². The molecule has 1 amide bonds. The van der Waals surface area contributed by atoms with Crippen molar-refractivity contribution < 1.29 is 13.2 Å². The zero-order valence-corrected chi connectivity index (χ0v) is 16.1. The molecule has 0 aliphatic heterocycles. The minimum absolute atomic E-state index is 0.334. The quantitative estimate of drug-likeness (QED) is 0.711. The summed E-state index contributed by atoms with van der Waals surface area (Å²) in [5.74, 6) is -0.350. The molecular weight excluding hydrogens is 360 g/mol. The van der Waals surface area contributed by atoms with Gasteiger partial charge in [0.05, 0.1) is 11.9 Å². The van der Waals surface area contributed by atoms with Gasteiger partial charge < -0.3 is 5.32 Å². The van der Waals surface area contributed by atoms with Gasteiger partial charge in [-0.3, -0.25) is 9.10 Å². The second-order valence-electron chi connectivity index (χ2n) is 6.47. The molecule has 0 aliphatic carbocycles. The molecule has 1 atom stereocenters. The predicted molar refractivity (Wildman–Crippen MR) is 109 cm³/mol. The number of benzene rings is 3. The fraction of sp³-hybridized carbons (Fsp3) is 0.190. The van der Waals surface area contributed by atoms with Crippen molar-refractivity contribution in [3.63, 3.8) is 0 Å². The summed E-state index contributed by atoms with van der Waals surface area (Å²) in [4.78, 5) is 12.6. The summed E-state index contributed by atoms with van der Waals surface area (Å²) < 4.78 is 25.6. The summed E-state index contributed by atoms with van der Waals surface area (Å²) in [5.41, 5.74) is 1.42. The van der Waals surface area contributed by atoms with E-state index < -0.39 is 16.1 Å². The van der Waals surface area contributed by atoms with E-state index in [0.29, 0.717) is 12.2 Å². The number of carbonyl (C=O) groups excluding carboxylic acids is 1. The Morgan fingerprint density at radius 3 is 2.26 bits per heavy atom. The molecule has 0 saturated carbocycles. The number of hydrogen-bond donors (Lipinski definition) is 1. The van der Waals surface area contributed by atoms with Crippen molar-refractivity contribution in [3.8, 4) is 0 Å². The van der Waals surface area contributed by atoms with Crippen LogP contribution in [0.4, 0.5) is 5.69 Å². The van der Waals surface area contributed by atoms with Crippen LogP contribution in [0.2, 0.25) is 0 Å². The Labute approximate surface area is 159 Å². The molecule has 3 aromatic rings. The van der Waals surface area contributed by atoms with E-state index in [2.05, 4.69) is 5.32 Å². The molecule has 0 unspecified atom stereocenters. The maximum Gasteiger partial charge on any atom is 0.243 e. The molecule has 0 spiro atoms. The van der Waals surface area contributed by atoms with Crippen LogP contribution in [0.1, 0.15) is 12.5 Å². The molecule has 0 saturated heterocycles. The number of anilines is 1. The number of sulfonamides is 1. The van der Waals surface area contributed by atoms with Gasteiger partial charge in [0.15, 0.2) is 0 Å². The van der Waals surface area contributed by atoms with Crippen molar-refractivity contribution in [2.45, 2.75) is 19.5 Å². The lowest BCUT2D eigenvalue weighted by Crippen LogP contribution is -2.47. The molecule has 0 fully saturated rings. The minimum Gasteiger partial charge on any atom is -0.350 e. The van der Waals surface area contributed by atoms with Crippen LogP contribution in [0.3, 0.4) is 0 Å². The Bertz CT molecular complexity index is 1050. The molecule has 6 heteroatoms. The normalized spacial score (nSPS) is 12.5. The van der Waals surface area contributed by atoms with Crippen molar-refractivity contribution >= 4 is 32.4 Å². The lowest BCUT2D eigenvalue weighted by molar-refractivity contribution is -0.122. The van der Waals surface area contributed by atoms with Crippen LogP contribution in [0.5, 0.6) is 0 Å². The first-order valence-electron chi connectivity index (χ1n) is 8.66. The van der Waals surface area contributed by atoms with Crippen molar-refractivity contribution in [3.05, 3.63) is 78.4 Å². The summed E-state index contributed by atoms with van der Waals surface area (Å²) in [6, 6.07) is 21.8. The Hall–Kier alpha value is -2.86. The number of nitrogens with zero attached hydrogens (tertiary/aromatic N) is 1. The average molecular weight is 382 g/mol. The molecule has 140 valence electrons. The largest absolute Gasteiger partial charge is 0.350 e. The molecular formula is C21H22N2O3S. The molecule has 5 nitrogen and oxygen atoms in total. The number of hydrogen-bond acceptors (Lipinski definition) is 3. The van der Waals surface area contributed by atoms with Crippen LogP contribution >= 0.6 is 0 Å². The highest BCUT2D eigenvalue weighted by Gasteiger charge is 2.28. The lowest BCUT2D eigenvalue weighted by atomic mass is 10.1. The first kappa shape index (κ1) is 18.9. The molecule has 3 aromatic carbocycles. The second-order valence-corrected chi connectivity index (χ2v) is 8.33. The number of carbonyl (C=O) groups is 1. The molecule has 0 bridgehead atoms. The summed E-state index contributed by atoms with van der Waals surface area (Å²) in [7, 11) is -3.60. The van der Waals surface area contributed by atoms with Crippen molar-refractivity contribution in [2.24, 2.45) is 0 Å². The van der Waals surface area contributed by atoms with Crippen molar-refractivity contribution in [1.82, 2.24) is 5.32 Å². The van der Waals surface area contributed by atoms with Gasteiger partial charge in [-0.05, 0) is 41.5 Å². The van der Waals surface area contributed by atoms with Gasteiger partial charge in [-0.25, -0.2) is 8.42 Å². The first-order valence-corrected chi connectivity index (χ1v) is 10.5. The Balaban J connectivity index is 1.75. The topological polar surface area (TPSA) is 66.5 Å². The number of amides is 1. The molecule has 0 aliphatic rings. The Kier molecular flexibility index (Phi) is 5.46. The zero-order chi connectivity index (χ0) is 19.4. The van der Waals surface area contributed by atoms with Gasteiger partial charge >= 0.3 is 0 Å². The van der Waals surface area contributed by atoms with Gasteiger partial charge in [0.2, 0.25) is 15.9 Å². The van der Waals surface area contributed by atoms with Gasteiger partial charge in [-0.2, -0.15) is 0 Å². The highest BCUT2D eigenvalue weighted by Crippen LogP contribution is 2.20. The van der Waals surface area contributed by atoms with Crippen LogP contribution < -0.4 is 9.62 Å². The molecule has 0 heterocycles. The zero-order valence-electron chi connectivity index (χ0n) is 15.3. The number of para-hydroxylation sites is 1. The Morgan fingerprint density at radius 2 is 1.59 bits per heavy atom. The standard InChI is InChI=1S/C21H22N2O3S/c1-16(23(27(2,25)26)20-10-4-3-5-11-20)21(24)22-15-17-12-13-18-8-6-7-9-19(18)14-17/h3-14,16H,15H2,1-2H3,(H,22,24)/t16-/m1/s1. The van der Waals surface area contributed by atoms with Crippen LogP contribution in [-0.2, 0) is 21.4 Å². The first-order chi connectivity index (χ1) is 12.9. The molecule has 3 rings (SSSR count). The van der Waals surface area contributed by atoms with E-state index in [1.807, 2.05) is 42.5 Å². The number of nitrogens with one attached hydrogen (secondary N) is 1. The molecule has 27 heavy (non-hydrogen) atoms. The smallest absolute Gasteiger partial charge is 0.243 e. The highest BCUT2D eigenvalue weighted by atomic mass is 32.2. The average Bonchev–Trinajstić information content (AvgIpc) is 2.65. The molecule has 0 radical (unpaired) electrons. The van der Waals surface area contributed by atoms with Gasteiger partial charge in [0.25, 0.3) is 0 Å². The summed E-state index contributed by atoms with van der Waals surface area (Å²) in [6.45, 7) is 1.92. The second kappa shape index (κ2) is 7.80. The summed E-state index contributed by atoms with van der Waals surface area (Å²) in [6.07, 6.45) is 1.10. The van der Waals surface area contributed by atoms with Crippen LogP contribution in [-0.4, -0.2) is 26.6 Å². The maximum absolute atomic E-state index is 12.6. The fourth-order valence-electron chi connectivity index (χ4n) is 3.07. The van der Waals surface area contributed by atoms with Gasteiger partial charge in [-0.15, -0.1) is 0 Å². The summed E-state index contributed by atoms with van der Waals surface area (Å²) in [5, 5.41) is 5.07. The SMILES string of the molecule is C[C@H](C(=O)NCc1ccc2ccccc2c1)N(c1ccccc1)S(C)(=O)=O.